The van der Waals surface area contributed by atoms with Gasteiger partial charge in [-0.25, -0.2) is 4.39 Å². The number of hydrogen-bond donors (Lipinski definition) is 1. The van der Waals surface area contributed by atoms with Crippen LogP contribution in [-0.2, 0) is 17.6 Å². The molecule has 0 bridgehead atoms. The van der Waals surface area contributed by atoms with Gasteiger partial charge in [-0.15, -0.1) is 0 Å². The standard InChI is InChI=1S/C17H16F3NO2/c18-15-4-2-1-3-13(15)11-16(22)21-10-9-12-5-7-14(8-6-12)23-17(19)20/h1-8,17H,9-11H2,(H,21,22). The van der Waals surface area contributed by atoms with Gasteiger partial charge in [-0.3, -0.25) is 4.79 Å². The number of rotatable bonds is 7. The fourth-order valence-corrected chi connectivity index (χ4v) is 2.06. The Hall–Kier alpha value is -2.50. The number of nitrogens with one attached hydrogen (secondary N) is 1. The van der Waals surface area contributed by atoms with Crippen LogP contribution in [0.25, 0.3) is 0 Å². The van der Waals surface area contributed by atoms with E-state index in [1.54, 1.807) is 30.3 Å². The molecule has 0 radical (unpaired) electrons. The average molecular weight is 323 g/mol. The monoisotopic (exact) mass is 323 g/mol. The fourth-order valence-electron chi connectivity index (χ4n) is 2.06. The molecule has 0 aliphatic carbocycles. The van der Waals surface area contributed by atoms with Gasteiger partial charge in [0.1, 0.15) is 11.6 Å². The molecular weight excluding hydrogens is 307 g/mol. The van der Waals surface area contributed by atoms with E-state index >= 15 is 0 Å². The van der Waals surface area contributed by atoms with Crippen molar-refractivity contribution in [2.75, 3.05) is 6.54 Å². The molecule has 1 N–H and O–H groups in total. The van der Waals surface area contributed by atoms with Crippen LogP contribution in [0.4, 0.5) is 13.2 Å². The molecule has 0 spiro atoms. The number of benzene rings is 2. The Morgan fingerprint density at radius 1 is 1.09 bits per heavy atom. The van der Waals surface area contributed by atoms with Gasteiger partial charge in [0.15, 0.2) is 0 Å². The molecule has 2 aromatic carbocycles. The fraction of sp³-hybridized carbons (Fsp3) is 0.235. The summed E-state index contributed by atoms with van der Waals surface area (Å²) in [6.07, 6.45) is 0.520. The lowest BCUT2D eigenvalue weighted by Crippen LogP contribution is -2.27. The lowest BCUT2D eigenvalue weighted by atomic mass is 10.1. The molecule has 0 aliphatic rings. The van der Waals surface area contributed by atoms with Gasteiger partial charge in [0, 0.05) is 6.54 Å². The van der Waals surface area contributed by atoms with E-state index in [9.17, 15) is 18.0 Å². The minimum Gasteiger partial charge on any atom is -0.435 e. The zero-order chi connectivity index (χ0) is 16.7. The minimum absolute atomic E-state index is 0.0200. The first-order chi connectivity index (χ1) is 11.0. The molecule has 0 fully saturated rings. The van der Waals surface area contributed by atoms with Crippen LogP contribution in [0.15, 0.2) is 48.5 Å². The summed E-state index contributed by atoms with van der Waals surface area (Å²) in [5.74, 6) is -0.586. The van der Waals surface area contributed by atoms with Crippen LogP contribution in [-0.4, -0.2) is 19.1 Å². The van der Waals surface area contributed by atoms with Crippen LogP contribution in [0.2, 0.25) is 0 Å². The molecular formula is C17H16F3NO2. The van der Waals surface area contributed by atoms with Gasteiger partial charge < -0.3 is 10.1 Å². The zero-order valence-corrected chi connectivity index (χ0v) is 12.3. The Morgan fingerprint density at radius 3 is 2.43 bits per heavy atom. The predicted octanol–water partition coefficient (Wildman–Crippen LogP) is 3.33. The first-order valence-electron chi connectivity index (χ1n) is 7.08. The summed E-state index contributed by atoms with van der Waals surface area (Å²) in [5, 5.41) is 2.70. The van der Waals surface area contributed by atoms with Crippen molar-refractivity contribution < 1.29 is 22.7 Å². The highest BCUT2D eigenvalue weighted by Crippen LogP contribution is 2.15. The summed E-state index contributed by atoms with van der Waals surface area (Å²) in [6.45, 7) is -2.47. The summed E-state index contributed by atoms with van der Waals surface area (Å²) in [5.41, 5.74) is 1.22. The third kappa shape index (κ3) is 5.65. The van der Waals surface area contributed by atoms with E-state index in [0.717, 1.165) is 5.56 Å². The zero-order valence-electron chi connectivity index (χ0n) is 12.3. The van der Waals surface area contributed by atoms with E-state index in [0.29, 0.717) is 18.5 Å². The molecule has 0 heterocycles. The van der Waals surface area contributed by atoms with Crippen molar-refractivity contribution in [3.05, 3.63) is 65.5 Å². The first-order valence-corrected chi connectivity index (χ1v) is 7.08. The van der Waals surface area contributed by atoms with Crippen LogP contribution in [0.5, 0.6) is 5.75 Å². The Bertz CT molecular complexity index is 645. The van der Waals surface area contributed by atoms with Crippen molar-refractivity contribution in [2.45, 2.75) is 19.5 Å². The summed E-state index contributed by atoms with van der Waals surface area (Å²) < 4.78 is 41.7. The van der Waals surface area contributed by atoms with Crippen LogP contribution in [0.1, 0.15) is 11.1 Å². The van der Waals surface area contributed by atoms with E-state index in [2.05, 4.69) is 10.1 Å². The largest absolute Gasteiger partial charge is 0.435 e. The number of amides is 1. The maximum atomic E-state index is 13.4. The molecule has 122 valence electrons. The van der Waals surface area contributed by atoms with Crippen LogP contribution >= 0.6 is 0 Å². The second kappa shape index (κ2) is 8.22. The Balaban J connectivity index is 1.76. The molecule has 0 aliphatic heterocycles. The molecule has 23 heavy (non-hydrogen) atoms. The minimum atomic E-state index is -2.85. The highest BCUT2D eigenvalue weighted by Gasteiger charge is 2.07. The number of alkyl halides is 2. The lowest BCUT2D eigenvalue weighted by molar-refractivity contribution is -0.120. The number of halogens is 3. The summed E-state index contributed by atoms with van der Waals surface area (Å²) in [7, 11) is 0. The maximum Gasteiger partial charge on any atom is 0.387 e. The van der Waals surface area contributed by atoms with Gasteiger partial charge in [0.25, 0.3) is 0 Å². The molecule has 6 heteroatoms. The van der Waals surface area contributed by atoms with Gasteiger partial charge in [-0.05, 0) is 35.7 Å². The molecule has 0 aromatic heterocycles. The highest BCUT2D eigenvalue weighted by molar-refractivity contribution is 5.78. The molecule has 0 saturated heterocycles. The number of carbonyl (C=O) groups excluding carboxylic acids is 1. The Labute approximate surface area is 132 Å². The third-order valence-corrected chi connectivity index (χ3v) is 3.19. The van der Waals surface area contributed by atoms with Gasteiger partial charge in [-0.1, -0.05) is 30.3 Å². The van der Waals surface area contributed by atoms with Crippen molar-refractivity contribution in [3.63, 3.8) is 0 Å². The van der Waals surface area contributed by atoms with Crippen molar-refractivity contribution in [3.8, 4) is 5.75 Å². The van der Waals surface area contributed by atoms with E-state index in [4.69, 9.17) is 0 Å². The Morgan fingerprint density at radius 2 is 1.78 bits per heavy atom. The second-order valence-electron chi connectivity index (χ2n) is 4.89. The molecule has 0 atom stereocenters. The van der Waals surface area contributed by atoms with E-state index in [1.165, 1.54) is 18.2 Å². The van der Waals surface area contributed by atoms with E-state index in [1.807, 2.05) is 0 Å². The molecule has 0 unspecified atom stereocenters. The maximum absolute atomic E-state index is 13.4. The van der Waals surface area contributed by atoms with Gasteiger partial charge in [0.2, 0.25) is 5.91 Å². The first kappa shape index (κ1) is 16.9. The van der Waals surface area contributed by atoms with Gasteiger partial charge >= 0.3 is 6.61 Å². The van der Waals surface area contributed by atoms with Gasteiger partial charge in [-0.2, -0.15) is 8.78 Å². The number of hydrogen-bond acceptors (Lipinski definition) is 2. The third-order valence-electron chi connectivity index (χ3n) is 3.19. The normalized spacial score (nSPS) is 10.6. The topological polar surface area (TPSA) is 38.3 Å². The quantitative estimate of drug-likeness (QED) is 0.849. The van der Waals surface area contributed by atoms with E-state index in [-0.39, 0.29) is 18.1 Å². The van der Waals surface area contributed by atoms with Crippen molar-refractivity contribution in [2.24, 2.45) is 0 Å². The average Bonchev–Trinajstić information content (AvgIpc) is 2.51. The number of carbonyl (C=O) groups is 1. The van der Waals surface area contributed by atoms with Crippen molar-refractivity contribution in [1.82, 2.24) is 5.32 Å². The van der Waals surface area contributed by atoms with Crippen LogP contribution in [0.3, 0.4) is 0 Å². The molecule has 2 rings (SSSR count). The smallest absolute Gasteiger partial charge is 0.387 e. The summed E-state index contributed by atoms with van der Waals surface area (Å²) >= 11 is 0. The van der Waals surface area contributed by atoms with Crippen LogP contribution in [0, 0.1) is 5.82 Å². The second-order valence-corrected chi connectivity index (χ2v) is 4.89. The Kier molecular flexibility index (Phi) is 6.02. The van der Waals surface area contributed by atoms with Crippen molar-refractivity contribution >= 4 is 5.91 Å². The highest BCUT2D eigenvalue weighted by atomic mass is 19.3. The van der Waals surface area contributed by atoms with E-state index < -0.39 is 12.4 Å². The molecule has 3 nitrogen and oxygen atoms in total. The number of ether oxygens (including phenoxy) is 1. The molecule has 1 amide bonds. The summed E-state index contributed by atoms with van der Waals surface area (Å²) in [4.78, 5) is 11.7. The predicted molar refractivity (Wildman–Crippen MR) is 79.9 cm³/mol. The van der Waals surface area contributed by atoms with Crippen LogP contribution < -0.4 is 10.1 Å². The SMILES string of the molecule is O=C(Cc1ccccc1F)NCCc1ccc(OC(F)F)cc1. The molecule has 2 aromatic rings. The molecule has 0 saturated carbocycles. The van der Waals surface area contributed by atoms with Crippen molar-refractivity contribution in [1.29, 1.82) is 0 Å². The lowest BCUT2D eigenvalue weighted by Gasteiger charge is -2.07. The summed E-state index contributed by atoms with van der Waals surface area (Å²) in [6, 6.07) is 12.3. The van der Waals surface area contributed by atoms with Gasteiger partial charge in [0.05, 0.1) is 6.42 Å².